The van der Waals surface area contributed by atoms with E-state index in [9.17, 15) is 4.79 Å². The Morgan fingerprint density at radius 2 is 1.75 bits per heavy atom. The van der Waals surface area contributed by atoms with Gasteiger partial charge in [0, 0.05) is 5.69 Å². The number of fused-ring (bicyclic) bond motifs is 2. The minimum atomic E-state index is -0.0588. The zero-order chi connectivity index (χ0) is 16.5. The van der Waals surface area contributed by atoms with E-state index >= 15 is 0 Å². The summed E-state index contributed by atoms with van der Waals surface area (Å²) in [5.74, 6) is 0.779. The first-order valence-corrected chi connectivity index (χ1v) is 7.91. The normalized spacial score (nSPS) is 11.0. The van der Waals surface area contributed by atoms with Gasteiger partial charge < -0.3 is 9.88 Å². The molecule has 1 aromatic heterocycles. The van der Waals surface area contributed by atoms with Crippen LogP contribution in [0.3, 0.4) is 0 Å². The van der Waals surface area contributed by atoms with Gasteiger partial charge in [0.25, 0.3) is 0 Å². The van der Waals surface area contributed by atoms with Crippen molar-refractivity contribution in [3.63, 3.8) is 0 Å². The highest BCUT2D eigenvalue weighted by Gasteiger charge is 2.11. The van der Waals surface area contributed by atoms with E-state index < -0.39 is 0 Å². The molecule has 4 aromatic rings. The molecule has 0 saturated heterocycles. The van der Waals surface area contributed by atoms with Gasteiger partial charge >= 0.3 is 0 Å². The molecule has 0 saturated carbocycles. The smallest absolute Gasteiger partial charge is 0.244 e. The SMILES string of the molecule is Cc1nc2ccccc2n1CC(=O)Nc1ccc2ccccc2c1. The number of aryl methyl sites for hydroxylation is 1. The average Bonchev–Trinajstić information content (AvgIpc) is 2.90. The molecule has 24 heavy (non-hydrogen) atoms. The monoisotopic (exact) mass is 315 g/mol. The first-order chi connectivity index (χ1) is 11.7. The molecule has 1 amide bonds. The van der Waals surface area contributed by atoms with Gasteiger partial charge in [-0.05, 0) is 42.0 Å². The van der Waals surface area contributed by atoms with Crippen LogP contribution in [0, 0.1) is 6.92 Å². The van der Waals surface area contributed by atoms with Crippen molar-refractivity contribution in [3.05, 3.63) is 72.6 Å². The first-order valence-electron chi connectivity index (χ1n) is 7.91. The van der Waals surface area contributed by atoms with Crippen molar-refractivity contribution in [2.45, 2.75) is 13.5 Å². The van der Waals surface area contributed by atoms with Crippen LogP contribution in [-0.2, 0) is 11.3 Å². The number of nitrogens with one attached hydrogen (secondary N) is 1. The fourth-order valence-corrected chi connectivity index (χ4v) is 3.01. The number of rotatable bonds is 3. The minimum absolute atomic E-state index is 0.0588. The number of hydrogen-bond donors (Lipinski definition) is 1. The van der Waals surface area contributed by atoms with Crippen LogP contribution in [0.4, 0.5) is 5.69 Å². The van der Waals surface area contributed by atoms with Crippen molar-refractivity contribution in [2.24, 2.45) is 0 Å². The summed E-state index contributed by atoms with van der Waals surface area (Å²) in [6.45, 7) is 2.17. The van der Waals surface area contributed by atoms with Gasteiger partial charge in [0.15, 0.2) is 0 Å². The Balaban J connectivity index is 1.58. The van der Waals surface area contributed by atoms with Gasteiger partial charge in [-0.2, -0.15) is 0 Å². The molecule has 4 heteroatoms. The Hall–Kier alpha value is -3.14. The van der Waals surface area contributed by atoms with Crippen molar-refractivity contribution >= 4 is 33.4 Å². The molecule has 4 rings (SSSR count). The number of imidazole rings is 1. The molecule has 0 fully saturated rings. The Morgan fingerprint density at radius 1 is 1.00 bits per heavy atom. The Morgan fingerprint density at radius 3 is 2.62 bits per heavy atom. The van der Waals surface area contributed by atoms with Crippen molar-refractivity contribution in [3.8, 4) is 0 Å². The maximum Gasteiger partial charge on any atom is 0.244 e. The van der Waals surface area contributed by atoms with Crippen molar-refractivity contribution in [2.75, 3.05) is 5.32 Å². The standard InChI is InChI=1S/C20H17N3O/c1-14-21-18-8-4-5-9-19(18)23(14)13-20(24)22-17-11-10-15-6-2-3-7-16(15)12-17/h2-12H,13H2,1H3,(H,22,24). The molecule has 0 radical (unpaired) electrons. The minimum Gasteiger partial charge on any atom is -0.325 e. The lowest BCUT2D eigenvalue weighted by Gasteiger charge is -2.09. The van der Waals surface area contributed by atoms with Crippen molar-refractivity contribution in [1.29, 1.82) is 0 Å². The molecular formula is C20H17N3O. The predicted octanol–water partition coefficient (Wildman–Crippen LogP) is 4.14. The van der Waals surface area contributed by atoms with Crippen LogP contribution in [0.15, 0.2) is 66.7 Å². The quantitative estimate of drug-likeness (QED) is 0.618. The summed E-state index contributed by atoms with van der Waals surface area (Å²) in [5, 5.41) is 5.25. The number of para-hydroxylation sites is 2. The van der Waals surface area contributed by atoms with Gasteiger partial charge in [-0.25, -0.2) is 4.98 Å². The number of benzene rings is 3. The van der Waals surface area contributed by atoms with Crippen LogP contribution in [-0.4, -0.2) is 15.5 Å². The highest BCUT2D eigenvalue weighted by molar-refractivity contribution is 5.95. The average molecular weight is 315 g/mol. The maximum absolute atomic E-state index is 12.5. The van der Waals surface area contributed by atoms with Gasteiger partial charge in [0.1, 0.15) is 12.4 Å². The van der Waals surface area contributed by atoms with Crippen molar-refractivity contribution in [1.82, 2.24) is 9.55 Å². The van der Waals surface area contributed by atoms with Gasteiger partial charge in [-0.1, -0.05) is 42.5 Å². The number of amides is 1. The zero-order valence-electron chi connectivity index (χ0n) is 13.4. The Bertz CT molecular complexity index is 1050. The lowest BCUT2D eigenvalue weighted by molar-refractivity contribution is -0.116. The second kappa shape index (κ2) is 5.81. The molecule has 1 heterocycles. The topological polar surface area (TPSA) is 46.9 Å². The van der Waals surface area contributed by atoms with Gasteiger partial charge in [-0.15, -0.1) is 0 Å². The van der Waals surface area contributed by atoms with Crippen LogP contribution < -0.4 is 5.32 Å². The summed E-state index contributed by atoms with van der Waals surface area (Å²) >= 11 is 0. The summed E-state index contributed by atoms with van der Waals surface area (Å²) in [5.41, 5.74) is 2.69. The summed E-state index contributed by atoms with van der Waals surface area (Å²) in [6.07, 6.45) is 0. The molecular weight excluding hydrogens is 298 g/mol. The van der Waals surface area contributed by atoms with Crippen molar-refractivity contribution < 1.29 is 4.79 Å². The summed E-state index contributed by atoms with van der Waals surface area (Å²) < 4.78 is 1.94. The number of nitrogens with zero attached hydrogens (tertiary/aromatic N) is 2. The van der Waals surface area contributed by atoms with Crippen LogP contribution in [0.5, 0.6) is 0 Å². The maximum atomic E-state index is 12.5. The third kappa shape index (κ3) is 2.63. The largest absolute Gasteiger partial charge is 0.325 e. The lowest BCUT2D eigenvalue weighted by Crippen LogP contribution is -2.19. The molecule has 1 N–H and O–H groups in total. The molecule has 0 aliphatic carbocycles. The molecule has 4 nitrogen and oxygen atoms in total. The van der Waals surface area contributed by atoms with Crippen LogP contribution in [0.2, 0.25) is 0 Å². The second-order valence-electron chi connectivity index (χ2n) is 5.84. The summed E-state index contributed by atoms with van der Waals surface area (Å²) in [7, 11) is 0. The highest BCUT2D eigenvalue weighted by atomic mass is 16.1. The molecule has 0 aliphatic rings. The Kier molecular flexibility index (Phi) is 3.50. The molecule has 0 atom stereocenters. The highest BCUT2D eigenvalue weighted by Crippen LogP contribution is 2.19. The number of anilines is 1. The van der Waals surface area contributed by atoms with Crippen LogP contribution in [0.25, 0.3) is 21.8 Å². The van der Waals surface area contributed by atoms with Gasteiger partial charge in [0.2, 0.25) is 5.91 Å². The molecule has 0 unspecified atom stereocenters. The lowest BCUT2D eigenvalue weighted by atomic mass is 10.1. The fourth-order valence-electron chi connectivity index (χ4n) is 3.01. The first kappa shape index (κ1) is 14.5. The van der Waals surface area contributed by atoms with Gasteiger partial charge in [0.05, 0.1) is 11.0 Å². The number of carbonyl (C=O) groups is 1. The van der Waals surface area contributed by atoms with E-state index in [4.69, 9.17) is 0 Å². The third-order valence-corrected chi connectivity index (χ3v) is 4.18. The molecule has 118 valence electrons. The van der Waals surface area contributed by atoms with Crippen LogP contribution in [0.1, 0.15) is 5.82 Å². The summed E-state index contributed by atoms with van der Waals surface area (Å²) in [4.78, 5) is 16.9. The van der Waals surface area contributed by atoms with Crippen LogP contribution >= 0.6 is 0 Å². The fraction of sp³-hybridized carbons (Fsp3) is 0.100. The van der Waals surface area contributed by atoms with E-state index in [-0.39, 0.29) is 12.5 Å². The molecule has 0 bridgehead atoms. The van der Waals surface area contributed by atoms with E-state index in [1.807, 2.05) is 72.2 Å². The molecule has 0 aliphatic heterocycles. The van der Waals surface area contributed by atoms with Gasteiger partial charge in [-0.3, -0.25) is 4.79 Å². The molecule has 0 spiro atoms. The predicted molar refractivity (Wildman–Crippen MR) is 97.0 cm³/mol. The summed E-state index contributed by atoms with van der Waals surface area (Å²) in [6, 6.07) is 21.9. The van der Waals surface area contributed by atoms with E-state index in [1.165, 1.54) is 0 Å². The van der Waals surface area contributed by atoms with E-state index in [0.717, 1.165) is 33.3 Å². The number of hydrogen-bond acceptors (Lipinski definition) is 2. The zero-order valence-corrected chi connectivity index (χ0v) is 13.4. The number of carbonyl (C=O) groups excluding carboxylic acids is 1. The second-order valence-corrected chi connectivity index (χ2v) is 5.84. The van der Waals surface area contributed by atoms with E-state index in [1.54, 1.807) is 0 Å². The van der Waals surface area contributed by atoms with E-state index in [2.05, 4.69) is 16.4 Å². The third-order valence-electron chi connectivity index (χ3n) is 4.18. The van der Waals surface area contributed by atoms with E-state index in [0.29, 0.717) is 0 Å². The Labute approximate surface area is 139 Å². The number of aromatic nitrogens is 2. The molecule has 3 aromatic carbocycles.